The Morgan fingerprint density at radius 3 is 3.00 bits per heavy atom. The van der Waals surface area contributed by atoms with E-state index in [1.165, 1.54) is 6.39 Å². The van der Waals surface area contributed by atoms with Gasteiger partial charge in [-0.15, -0.1) is 11.6 Å². The normalized spacial score (nSPS) is 12.9. The van der Waals surface area contributed by atoms with E-state index >= 15 is 0 Å². The highest BCUT2D eigenvalue weighted by molar-refractivity contribution is 9.10. The largest absolute Gasteiger partial charge is 0.343 e. The molecule has 0 aliphatic rings. The molecule has 20 heavy (non-hydrogen) atoms. The lowest BCUT2D eigenvalue weighted by Gasteiger charge is -2.09. The fraction of sp³-hybridized carbons (Fsp3) is 0.308. The van der Waals surface area contributed by atoms with E-state index in [1.807, 2.05) is 25.1 Å². The number of fused-ring (bicyclic) bond motifs is 1. The van der Waals surface area contributed by atoms with E-state index in [9.17, 15) is 0 Å². The van der Waals surface area contributed by atoms with Crippen LogP contribution < -0.4 is 0 Å². The van der Waals surface area contributed by atoms with Crippen LogP contribution in [0.3, 0.4) is 0 Å². The average Bonchev–Trinajstić information content (AvgIpc) is 3.02. The lowest BCUT2D eigenvalue weighted by Crippen LogP contribution is -2.07. The Hall–Kier alpha value is -1.40. The predicted molar refractivity (Wildman–Crippen MR) is 79.7 cm³/mol. The van der Waals surface area contributed by atoms with Crippen LogP contribution >= 0.6 is 27.5 Å². The number of imidazole rings is 1. The predicted octanol–water partition coefficient (Wildman–Crippen LogP) is 3.72. The Labute approximate surface area is 129 Å². The molecular weight excluding hydrogens is 344 g/mol. The first kappa shape index (κ1) is 13.6. The minimum atomic E-state index is -0.161. The van der Waals surface area contributed by atoms with Crippen LogP contribution in [0.5, 0.6) is 0 Å². The van der Waals surface area contributed by atoms with Gasteiger partial charge in [0.1, 0.15) is 5.82 Å². The first-order valence-electron chi connectivity index (χ1n) is 6.20. The molecule has 0 spiro atoms. The Bertz CT molecular complexity index is 723. The summed E-state index contributed by atoms with van der Waals surface area (Å²) in [7, 11) is 0. The maximum Gasteiger partial charge on any atom is 0.213 e. The van der Waals surface area contributed by atoms with Crippen LogP contribution in [-0.4, -0.2) is 19.7 Å². The van der Waals surface area contributed by atoms with Gasteiger partial charge >= 0.3 is 0 Å². The van der Waals surface area contributed by atoms with Crippen molar-refractivity contribution in [2.24, 2.45) is 0 Å². The number of aryl methyl sites for hydroxylation is 2. The quantitative estimate of drug-likeness (QED) is 0.669. The smallest absolute Gasteiger partial charge is 0.213 e. The third-order valence-electron chi connectivity index (χ3n) is 3.06. The highest BCUT2D eigenvalue weighted by Crippen LogP contribution is 2.26. The van der Waals surface area contributed by atoms with E-state index in [1.54, 1.807) is 0 Å². The number of alkyl halides is 1. The number of aromatic nitrogens is 4. The summed E-state index contributed by atoms with van der Waals surface area (Å²) in [5.74, 6) is 1.53. The molecule has 0 saturated heterocycles. The second kappa shape index (κ2) is 5.54. The minimum absolute atomic E-state index is 0.161. The lowest BCUT2D eigenvalue weighted by molar-refractivity contribution is 0.408. The van der Waals surface area contributed by atoms with Crippen LogP contribution in [0.2, 0.25) is 0 Å². The van der Waals surface area contributed by atoms with Gasteiger partial charge in [0.25, 0.3) is 0 Å². The van der Waals surface area contributed by atoms with E-state index in [-0.39, 0.29) is 5.38 Å². The van der Waals surface area contributed by atoms with Gasteiger partial charge in [-0.3, -0.25) is 0 Å². The third-order valence-corrected chi connectivity index (χ3v) is 3.75. The van der Waals surface area contributed by atoms with Crippen molar-refractivity contribution in [3.05, 3.63) is 40.7 Å². The highest BCUT2D eigenvalue weighted by Gasteiger charge is 2.15. The maximum absolute atomic E-state index is 6.24. The van der Waals surface area contributed by atoms with E-state index in [0.29, 0.717) is 18.8 Å². The van der Waals surface area contributed by atoms with Crippen LogP contribution in [0.1, 0.15) is 23.9 Å². The van der Waals surface area contributed by atoms with E-state index in [0.717, 1.165) is 21.3 Å². The van der Waals surface area contributed by atoms with Crippen molar-refractivity contribution in [1.82, 2.24) is 19.7 Å². The molecule has 2 aromatic heterocycles. The molecule has 5 nitrogen and oxygen atoms in total. The maximum atomic E-state index is 6.24. The summed E-state index contributed by atoms with van der Waals surface area (Å²) in [6, 6.07) is 6.02. The fourth-order valence-electron chi connectivity index (χ4n) is 2.17. The third kappa shape index (κ3) is 2.58. The van der Waals surface area contributed by atoms with Gasteiger partial charge in [-0.2, -0.15) is 4.98 Å². The Morgan fingerprint density at radius 1 is 1.45 bits per heavy atom. The summed E-state index contributed by atoms with van der Waals surface area (Å²) < 4.78 is 7.86. The zero-order valence-electron chi connectivity index (χ0n) is 10.8. The second-order valence-corrected chi connectivity index (χ2v) is 6.04. The average molecular weight is 356 g/mol. The number of benzene rings is 1. The summed E-state index contributed by atoms with van der Waals surface area (Å²) >= 11 is 9.69. The molecule has 104 valence electrons. The summed E-state index contributed by atoms with van der Waals surface area (Å²) in [5.41, 5.74) is 1.98. The van der Waals surface area contributed by atoms with Gasteiger partial charge in [0.15, 0.2) is 5.82 Å². The minimum Gasteiger partial charge on any atom is -0.343 e. The van der Waals surface area contributed by atoms with Gasteiger partial charge in [0.05, 0.1) is 16.4 Å². The number of hydrogen-bond donors (Lipinski definition) is 0. The fourth-order valence-corrected chi connectivity index (χ4v) is 2.69. The molecule has 0 radical (unpaired) electrons. The summed E-state index contributed by atoms with van der Waals surface area (Å²) in [6.45, 7) is 2.63. The summed E-state index contributed by atoms with van der Waals surface area (Å²) in [5, 5.41) is 3.66. The SMILES string of the molecule is CC(Cl)c1nc2cc(Br)ccc2n1CCc1ncon1. The Morgan fingerprint density at radius 2 is 2.30 bits per heavy atom. The van der Waals surface area contributed by atoms with Gasteiger partial charge in [-0.25, -0.2) is 4.98 Å². The molecule has 7 heteroatoms. The molecule has 0 bridgehead atoms. The molecule has 0 amide bonds. The molecule has 2 heterocycles. The molecule has 0 aliphatic carbocycles. The zero-order chi connectivity index (χ0) is 14.1. The molecule has 3 aromatic rings. The molecule has 0 saturated carbocycles. The van der Waals surface area contributed by atoms with E-state index in [2.05, 4.69) is 35.6 Å². The van der Waals surface area contributed by atoms with Gasteiger partial charge in [-0.1, -0.05) is 21.1 Å². The van der Waals surface area contributed by atoms with Crippen LogP contribution in [0, 0.1) is 0 Å². The molecule has 1 unspecified atom stereocenters. The van der Waals surface area contributed by atoms with Crippen molar-refractivity contribution in [1.29, 1.82) is 0 Å². The van der Waals surface area contributed by atoms with Crippen LogP contribution in [0.25, 0.3) is 11.0 Å². The van der Waals surface area contributed by atoms with Gasteiger partial charge < -0.3 is 9.09 Å². The Kier molecular flexibility index (Phi) is 3.76. The monoisotopic (exact) mass is 354 g/mol. The van der Waals surface area contributed by atoms with Crippen molar-refractivity contribution in [2.45, 2.75) is 25.3 Å². The summed E-state index contributed by atoms with van der Waals surface area (Å²) in [6.07, 6.45) is 2.01. The van der Waals surface area contributed by atoms with E-state index < -0.39 is 0 Å². The molecule has 1 atom stereocenters. The molecule has 0 N–H and O–H groups in total. The number of halogens is 2. The zero-order valence-corrected chi connectivity index (χ0v) is 13.1. The van der Waals surface area contributed by atoms with Gasteiger partial charge in [-0.05, 0) is 25.1 Å². The van der Waals surface area contributed by atoms with Gasteiger partial charge in [0, 0.05) is 17.4 Å². The van der Waals surface area contributed by atoms with Crippen molar-refractivity contribution in [3.8, 4) is 0 Å². The highest BCUT2D eigenvalue weighted by atomic mass is 79.9. The van der Waals surface area contributed by atoms with Crippen molar-refractivity contribution in [2.75, 3.05) is 0 Å². The molecular formula is C13H12BrClN4O. The molecule has 0 aliphatic heterocycles. The number of rotatable bonds is 4. The Balaban J connectivity index is 2.00. The molecule has 3 rings (SSSR count). The first-order chi connectivity index (χ1) is 9.65. The summed E-state index contributed by atoms with van der Waals surface area (Å²) in [4.78, 5) is 8.64. The first-order valence-corrected chi connectivity index (χ1v) is 7.43. The standard InChI is InChI=1S/C13H12BrClN4O/c1-8(15)13-17-10-6-9(14)2-3-11(10)19(13)5-4-12-16-7-20-18-12/h2-3,6-8H,4-5H2,1H3. The van der Waals surface area contributed by atoms with Crippen LogP contribution in [0.15, 0.2) is 33.6 Å². The molecule has 0 fully saturated rings. The van der Waals surface area contributed by atoms with Crippen LogP contribution in [-0.2, 0) is 13.0 Å². The lowest BCUT2D eigenvalue weighted by atomic mass is 10.3. The molecule has 1 aromatic carbocycles. The van der Waals surface area contributed by atoms with Gasteiger partial charge in [0.2, 0.25) is 6.39 Å². The van der Waals surface area contributed by atoms with Crippen molar-refractivity contribution < 1.29 is 4.52 Å². The van der Waals surface area contributed by atoms with Crippen molar-refractivity contribution >= 4 is 38.6 Å². The van der Waals surface area contributed by atoms with Crippen LogP contribution in [0.4, 0.5) is 0 Å². The van der Waals surface area contributed by atoms with E-state index in [4.69, 9.17) is 16.1 Å². The number of nitrogens with zero attached hydrogens (tertiary/aromatic N) is 4. The second-order valence-electron chi connectivity index (χ2n) is 4.47. The number of hydrogen-bond acceptors (Lipinski definition) is 4. The topological polar surface area (TPSA) is 56.7 Å². The van der Waals surface area contributed by atoms with Crippen molar-refractivity contribution in [3.63, 3.8) is 0 Å².